The van der Waals surface area contributed by atoms with Gasteiger partial charge in [-0.05, 0) is 42.7 Å². The van der Waals surface area contributed by atoms with Crippen molar-refractivity contribution in [1.82, 2.24) is 14.8 Å². The monoisotopic (exact) mass is 383 g/mol. The molecule has 2 N–H and O–H groups in total. The van der Waals surface area contributed by atoms with Gasteiger partial charge in [-0.3, -0.25) is 4.79 Å². The Morgan fingerprint density at radius 3 is 2.68 bits per heavy atom. The minimum atomic E-state index is 0.0475. The lowest BCUT2D eigenvalue weighted by molar-refractivity contribution is -0.116. The van der Waals surface area contributed by atoms with Crippen LogP contribution >= 0.6 is 0 Å². The van der Waals surface area contributed by atoms with E-state index in [4.69, 9.17) is 4.99 Å². The first-order chi connectivity index (χ1) is 13.4. The van der Waals surface area contributed by atoms with E-state index >= 15 is 0 Å². The predicted molar refractivity (Wildman–Crippen MR) is 116 cm³/mol. The minimum absolute atomic E-state index is 0.0475. The highest BCUT2D eigenvalue weighted by Gasteiger charge is 2.09. The van der Waals surface area contributed by atoms with Crippen LogP contribution < -0.4 is 10.6 Å². The number of nitrogens with zero attached hydrogens (tertiary/aromatic N) is 3. The van der Waals surface area contributed by atoms with E-state index in [0.29, 0.717) is 18.9 Å². The molecule has 2 rings (SSSR count). The Morgan fingerprint density at radius 2 is 2.04 bits per heavy atom. The molecule has 0 saturated heterocycles. The van der Waals surface area contributed by atoms with E-state index in [2.05, 4.69) is 33.1 Å². The van der Waals surface area contributed by atoms with Crippen LogP contribution in [0.15, 0.2) is 47.6 Å². The molecule has 0 aliphatic rings. The number of anilines is 1. The zero-order chi connectivity index (χ0) is 20.5. The van der Waals surface area contributed by atoms with E-state index in [1.165, 1.54) is 5.69 Å². The van der Waals surface area contributed by atoms with Crippen molar-refractivity contribution in [3.63, 3.8) is 0 Å². The molecule has 0 bridgehead atoms. The summed E-state index contributed by atoms with van der Waals surface area (Å²) in [7, 11) is 4.09. The fourth-order valence-electron chi connectivity index (χ4n) is 2.94. The predicted octanol–water partition coefficient (Wildman–Crippen LogP) is 3.61. The van der Waals surface area contributed by atoms with Crippen molar-refractivity contribution in [2.24, 2.45) is 18.0 Å². The van der Waals surface area contributed by atoms with Crippen molar-refractivity contribution < 1.29 is 4.79 Å². The molecule has 0 unspecified atom stereocenters. The van der Waals surface area contributed by atoms with Crippen LogP contribution in [0, 0.1) is 5.92 Å². The third-order valence-electron chi connectivity index (χ3n) is 4.36. The van der Waals surface area contributed by atoms with Gasteiger partial charge in [-0.2, -0.15) is 0 Å². The maximum Gasteiger partial charge on any atom is 0.224 e. The Balaban J connectivity index is 2.04. The average Bonchev–Trinajstić information content (AvgIpc) is 3.02. The third kappa shape index (κ3) is 6.76. The van der Waals surface area contributed by atoms with Gasteiger partial charge in [0.25, 0.3) is 0 Å². The van der Waals surface area contributed by atoms with E-state index in [1.54, 1.807) is 0 Å². The number of aromatic nitrogens is 1. The van der Waals surface area contributed by atoms with Crippen molar-refractivity contribution >= 4 is 17.6 Å². The molecular weight excluding hydrogens is 350 g/mol. The number of carbonyl (C=O) groups is 1. The molecule has 0 fully saturated rings. The molecule has 1 heterocycles. The van der Waals surface area contributed by atoms with Crippen LogP contribution in [-0.2, 0) is 24.9 Å². The fourth-order valence-corrected chi connectivity index (χ4v) is 2.94. The van der Waals surface area contributed by atoms with Crippen molar-refractivity contribution in [2.45, 2.75) is 40.3 Å². The Labute approximate surface area is 168 Å². The Hall–Kier alpha value is -2.76. The molecule has 0 atom stereocenters. The second-order valence-electron chi connectivity index (χ2n) is 7.48. The average molecular weight is 384 g/mol. The van der Waals surface area contributed by atoms with Gasteiger partial charge in [-0.15, -0.1) is 0 Å². The lowest BCUT2D eigenvalue weighted by atomic mass is 10.1. The number of amides is 1. The van der Waals surface area contributed by atoms with Crippen LogP contribution in [0.5, 0.6) is 0 Å². The van der Waals surface area contributed by atoms with Gasteiger partial charge in [0, 0.05) is 44.6 Å². The summed E-state index contributed by atoms with van der Waals surface area (Å²) >= 11 is 0. The Kier molecular flexibility index (Phi) is 8.11. The van der Waals surface area contributed by atoms with Crippen LogP contribution in [-0.4, -0.2) is 34.9 Å². The second-order valence-corrected chi connectivity index (χ2v) is 7.48. The van der Waals surface area contributed by atoms with Gasteiger partial charge in [-0.25, -0.2) is 4.99 Å². The zero-order valence-electron chi connectivity index (χ0n) is 17.7. The number of guanidine groups is 1. The zero-order valence-corrected chi connectivity index (χ0v) is 17.7. The molecular formula is C22H33N5O. The molecule has 0 saturated carbocycles. The van der Waals surface area contributed by atoms with E-state index in [9.17, 15) is 4.79 Å². The molecule has 1 aromatic heterocycles. The molecule has 0 aliphatic carbocycles. The molecule has 0 radical (unpaired) electrons. The smallest absolute Gasteiger partial charge is 0.224 e. The van der Waals surface area contributed by atoms with Gasteiger partial charge in [0.2, 0.25) is 5.91 Å². The SMILES string of the molecule is CCNC(=NCc1cccc(NC(=O)CC(C)C)c1)N(C)Cc1cccn1C. The summed E-state index contributed by atoms with van der Waals surface area (Å²) in [6.07, 6.45) is 2.57. The highest BCUT2D eigenvalue weighted by atomic mass is 16.1. The maximum absolute atomic E-state index is 12.0. The number of aliphatic imine (C=N–C) groups is 1. The van der Waals surface area contributed by atoms with Gasteiger partial charge in [-0.1, -0.05) is 26.0 Å². The summed E-state index contributed by atoms with van der Waals surface area (Å²) in [6, 6.07) is 12.1. The number of rotatable bonds is 8. The Morgan fingerprint density at radius 1 is 1.25 bits per heavy atom. The summed E-state index contributed by atoms with van der Waals surface area (Å²) < 4.78 is 2.11. The number of hydrogen-bond acceptors (Lipinski definition) is 2. The largest absolute Gasteiger partial charge is 0.357 e. The normalized spacial score (nSPS) is 11.6. The van der Waals surface area contributed by atoms with Crippen LogP contribution in [0.2, 0.25) is 0 Å². The number of benzene rings is 1. The van der Waals surface area contributed by atoms with Gasteiger partial charge in [0.05, 0.1) is 13.1 Å². The molecule has 6 nitrogen and oxygen atoms in total. The van der Waals surface area contributed by atoms with Crippen molar-refractivity contribution in [3.05, 3.63) is 53.9 Å². The van der Waals surface area contributed by atoms with Crippen molar-refractivity contribution in [2.75, 3.05) is 18.9 Å². The van der Waals surface area contributed by atoms with Crippen molar-refractivity contribution in [3.8, 4) is 0 Å². The van der Waals surface area contributed by atoms with Crippen LogP contribution in [0.4, 0.5) is 5.69 Å². The fraction of sp³-hybridized carbons (Fsp3) is 0.455. The molecule has 1 amide bonds. The van der Waals surface area contributed by atoms with Crippen LogP contribution in [0.3, 0.4) is 0 Å². The summed E-state index contributed by atoms with van der Waals surface area (Å²) in [5.41, 5.74) is 3.11. The topological polar surface area (TPSA) is 61.7 Å². The first-order valence-corrected chi connectivity index (χ1v) is 9.87. The van der Waals surface area contributed by atoms with E-state index in [0.717, 1.165) is 30.3 Å². The molecule has 0 spiro atoms. The van der Waals surface area contributed by atoms with Crippen LogP contribution in [0.1, 0.15) is 38.4 Å². The summed E-state index contributed by atoms with van der Waals surface area (Å²) in [4.78, 5) is 18.9. The van der Waals surface area contributed by atoms with Gasteiger partial charge in [0.1, 0.15) is 0 Å². The third-order valence-corrected chi connectivity index (χ3v) is 4.36. The number of carbonyl (C=O) groups excluding carboxylic acids is 1. The molecule has 152 valence electrons. The van der Waals surface area contributed by atoms with Crippen LogP contribution in [0.25, 0.3) is 0 Å². The van der Waals surface area contributed by atoms with Gasteiger partial charge in [0.15, 0.2) is 5.96 Å². The second kappa shape index (κ2) is 10.5. The lowest BCUT2D eigenvalue weighted by Crippen LogP contribution is -2.38. The minimum Gasteiger partial charge on any atom is -0.357 e. The summed E-state index contributed by atoms with van der Waals surface area (Å²) in [6.45, 7) is 8.28. The van der Waals surface area contributed by atoms with E-state index < -0.39 is 0 Å². The van der Waals surface area contributed by atoms with E-state index in [1.807, 2.05) is 64.5 Å². The molecule has 28 heavy (non-hydrogen) atoms. The first kappa shape index (κ1) is 21.5. The van der Waals surface area contributed by atoms with Gasteiger partial charge >= 0.3 is 0 Å². The molecule has 0 aliphatic heterocycles. The summed E-state index contributed by atoms with van der Waals surface area (Å²) in [5.74, 6) is 1.25. The Bertz CT molecular complexity index is 794. The molecule has 6 heteroatoms. The number of aryl methyl sites for hydroxylation is 1. The summed E-state index contributed by atoms with van der Waals surface area (Å²) in [5, 5.41) is 6.32. The van der Waals surface area contributed by atoms with Crippen molar-refractivity contribution in [1.29, 1.82) is 0 Å². The first-order valence-electron chi connectivity index (χ1n) is 9.87. The standard InChI is InChI=1S/C22H33N5O/c1-6-23-22(27(5)16-20-11-8-12-26(20)4)24-15-18-9-7-10-19(14-18)25-21(28)13-17(2)3/h7-12,14,17H,6,13,15-16H2,1-5H3,(H,23,24)(H,25,28). The molecule has 2 aromatic rings. The number of nitrogens with one attached hydrogen (secondary N) is 2. The molecule has 1 aromatic carbocycles. The number of hydrogen-bond donors (Lipinski definition) is 2. The lowest BCUT2D eigenvalue weighted by Gasteiger charge is -2.22. The quantitative estimate of drug-likeness (QED) is 0.541. The maximum atomic E-state index is 12.0. The highest BCUT2D eigenvalue weighted by molar-refractivity contribution is 5.90. The van der Waals surface area contributed by atoms with Gasteiger partial charge < -0.3 is 20.1 Å². The highest BCUT2D eigenvalue weighted by Crippen LogP contribution is 2.13. The van der Waals surface area contributed by atoms with E-state index in [-0.39, 0.29) is 5.91 Å².